The first-order chi connectivity index (χ1) is 13.2. The summed E-state index contributed by atoms with van der Waals surface area (Å²) in [5.41, 5.74) is 6.20. The maximum absolute atomic E-state index is 12.8. The number of hydrogen-bond acceptors (Lipinski definition) is 5. The van der Waals surface area contributed by atoms with Crippen LogP contribution in [0.1, 0.15) is 42.7 Å². The third-order valence-corrected chi connectivity index (χ3v) is 3.99. The number of anilines is 1. The van der Waals surface area contributed by atoms with Gasteiger partial charge in [0, 0.05) is 29.9 Å². The first-order valence-electron chi connectivity index (χ1n) is 8.66. The fraction of sp³-hybridized carbons (Fsp3) is 0.368. The normalized spacial score (nSPS) is 12.1. The molecule has 1 atom stereocenters. The van der Waals surface area contributed by atoms with Gasteiger partial charge in [0.05, 0.1) is 6.04 Å². The van der Waals surface area contributed by atoms with Crippen LogP contribution < -0.4 is 15.4 Å². The zero-order valence-corrected chi connectivity index (χ0v) is 15.8. The van der Waals surface area contributed by atoms with Gasteiger partial charge in [-0.25, -0.2) is 18.7 Å². The molecule has 0 aliphatic rings. The molecule has 0 aliphatic carbocycles. The molecule has 2 rings (SSSR count). The number of nitrogens with zero attached hydrogens (tertiary/aromatic N) is 3. The Morgan fingerprint density at radius 3 is 2.43 bits per heavy atom. The largest absolute Gasteiger partial charge is 0.472 e. The van der Waals surface area contributed by atoms with Crippen molar-refractivity contribution in [2.24, 2.45) is 11.7 Å². The lowest BCUT2D eigenvalue weighted by Crippen LogP contribution is -2.37. The Bertz CT molecular complexity index is 828. The highest BCUT2D eigenvalue weighted by Gasteiger charge is 2.27. The van der Waals surface area contributed by atoms with Crippen LogP contribution in [0, 0.1) is 5.92 Å². The van der Waals surface area contributed by atoms with E-state index in [0.29, 0.717) is 5.56 Å². The van der Waals surface area contributed by atoms with Gasteiger partial charge in [0.1, 0.15) is 5.82 Å². The Kier molecular flexibility index (Phi) is 6.97. The van der Waals surface area contributed by atoms with Gasteiger partial charge in [-0.15, -0.1) is 0 Å². The average molecular weight is 392 g/mol. The number of carbonyl (C=O) groups excluding carboxylic acids is 2. The SMILES string of the molecule is CC(C)C(=O)N(c1cc(C(N)=O)ccn1)C(C)c1ccc(OCC(F)F)nc1. The Hall–Kier alpha value is -3.10. The van der Waals surface area contributed by atoms with Crippen molar-refractivity contribution < 1.29 is 23.1 Å². The van der Waals surface area contributed by atoms with Crippen molar-refractivity contribution in [2.75, 3.05) is 11.5 Å². The van der Waals surface area contributed by atoms with Gasteiger partial charge in [0.25, 0.3) is 6.43 Å². The Morgan fingerprint density at radius 2 is 1.89 bits per heavy atom. The monoisotopic (exact) mass is 392 g/mol. The van der Waals surface area contributed by atoms with Crippen molar-refractivity contribution in [2.45, 2.75) is 33.2 Å². The van der Waals surface area contributed by atoms with E-state index in [1.165, 1.54) is 35.5 Å². The summed E-state index contributed by atoms with van der Waals surface area (Å²) in [5, 5.41) is 0. The van der Waals surface area contributed by atoms with E-state index in [9.17, 15) is 18.4 Å². The zero-order chi connectivity index (χ0) is 20.8. The van der Waals surface area contributed by atoms with Gasteiger partial charge in [-0.3, -0.25) is 14.5 Å². The van der Waals surface area contributed by atoms with E-state index in [0.717, 1.165) is 0 Å². The first kappa shape index (κ1) is 21.2. The summed E-state index contributed by atoms with van der Waals surface area (Å²) in [6.45, 7) is 4.53. The molecular formula is C19H22F2N4O3. The Balaban J connectivity index is 2.34. The fourth-order valence-corrected chi connectivity index (χ4v) is 2.51. The van der Waals surface area contributed by atoms with Crippen LogP contribution >= 0.6 is 0 Å². The van der Waals surface area contributed by atoms with E-state index >= 15 is 0 Å². The summed E-state index contributed by atoms with van der Waals surface area (Å²) in [6.07, 6.45) is 0.259. The number of primary amides is 1. The zero-order valence-electron chi connectivity index (χ0n) is 15.8. The molecule has 0 aromatic carbocycles. The van der Waals surface area contributed by atoms with E-state index in [-0.39, 0.29) is 29.1 Å². The quantitative estimate of drug-likeness (QED) is 0.745. The van der Waals surface area contributed by atoms with E-state index in [4.69, 9.17) is 10.5 Å². The molecule has 0 saturated carbocycles. The lowest BCUT2D eigenvalue weighted by atomic mass is 10.1. The molecule has 7 nitrogen and oxygen atoms in total. The number of alkyl halides is 2. The number of rotatable bonds is 8. The summed E-state index contributed by atoms with van der Waals surface area (Å²) in [6, 6.07) is 5.52. The summed E-state index contributed by atoms with van der Waals surface area (Å²) >= 11 is 0. The van der Waals surface area contributed by atoms with Gasteiger partial charge < -0.3 is 10.5 Å². The van der Waals surface area contributed by atoms with Crippen molar-refractivity contribution in [3.63, 3.8) is 0 Å². The number of amides is 2. The molecule has 0 saturated heterocycles. The van der Waals surface area contributed by atoms with E-state index in [1.807, 2.05) is 0 Å². The molecule has 2 aromatic heterocycles. The lowest BCUT2D eigenvalue weighted by Gasteiger charge is -2.30. The smallest absolute Gasteiger partial charge is 0.272 e. The molecular weight excluding hydrogens is 370 g/mol. The predicted octanol–water partition coefficient (Wildman–Crippen LogP) is 2.97. The number of halogens is 2. The maximum atomic E-state index is 12.8. The average Bonchev–Trinajstić information content (AvgIpc) is 2.66. The number of pyridine rings is 2. The van der Waals surface area contributed by atoms with Gasteiger partial charge in [0.2, 0.25) is 17.7 Å². The van der Waals surface area contributed by atoms with Crippen LogP contribution in [0.2, 0.25) is 0 Å². The molecule has 2 aromatic rings. The van der Waals surface area contributed by atoms with Crippen molar-refractivity contribution in [3.8, 4) is 5.88 Å². The van der Waals surface area contributed by atoms with Crippen molar-refractivity contribution >= 4 is 17.6 Å². The number of nitrogens with two attached hydrogens (primary N) is 1. The third kappa shape index (κ3) is 5.21. The molecule has 0 bridgehead atoms. The molecule has 1 unspecified atom stereocenters. The number of aromatic nitrogens is 2. The summed E-state index contributed by atoms with van der Waals surface area (Å²) in [7, 11) is 0. The predicted molar refractivity (Wildman–Crippen MR) is 99.2 cm³/mol. The lowest BCUT2D eigenvalue weighted by molar-refractivity contribution is -0.121. The molecule has 2 amide bonds. The van der Waals surface area contributed by atoms with Crippen LogP contribution in [0.3, 0.4) is 0 Å². The highest BCUT2D eigenvalue weighted by Crippen LogP contribution is 2.28. The van der Waals surface area contributed by atoms with Crippen LogP contribution in [0.15, 0.2) is 36.7 Å². The summed E-state index contributed by atoms with van der Waals surface area (Å²) in [4.78, 5) is 34.0. The minimum absolute atomic E-state index is 0.0619. The van der Waals surface area contributed by atoms with Crippen LogP contribution in [0.25, 0.3) is 0 Å². The number of ether oxygens (including phenoxy) is 1. The second-order valence-corrected chi connectivity index (χ2v) is 6.44. The number of hydrogen-bond donors (Lipinski definition) is 1. The highest BCUT2D eigenvalue weighted by molar-refractivity contribution is 5.97. The second-order valence-electron chi connectivity index (χ2n) is 6.44. The first-order valence-corrected chi connectivity index (χ1v) is 8.66. The van der Waals surface area contributed by atoms with Gasteiger partial charge in [0.15, 0.2) is 6.61 Å². The molecule has 0 fully saturated rings. The van der Waals surface area contributed by atoms with Crippen molar-refractivity contribution in [1.82, 2.24) is 9.97 Å². The Morgan fingerprint density at radius 1 is 1.18 bits per heavy atom. The van der Waals surface area contributed by atoms with Crippen LogP contribution in [0.5, 0.6) is 5.88 Å². The van der Waals surface area contributed by atoms with Gasteiger partial charge in [-0.05, 0) is 24.6 Å². The fourth-order valence-electron chi connectivity index (χ4n) is 2.51. The minimum atomic E-state index is -2.59. The van der Waals surface area contributed by atoms with Gasteiger partial charge in [-0.2, -0.15) is 0 Å². The summed E-state index contributed by atoms with van der Waals surface area (Å²) in [5.74, 6) is -0.828. The second kappa shape index (κ2) is 9.20. The van der Waals surface area contributed by atoms with Crippen LogP contribution in [-0.4, -0.2) is 34.8 Å². The molecule has 0 spiro atoms. The van der Waals surface area contributed by atoms with Crippen molar-refractivity contribution in [1.29, 1.82) is 0 Å². The Labute approximate surface area is 161 Å². The van der Waals surface area contributed by atoms with E-state index in [1.54, 1.807) is 26.8 Å². The molecule has 2 N–H and O–H groups in total. The van der Waals surface area contributed by atoms with Gasteiger partial charge in [-0.1, -0.05) is 19.9 Å². The van der Waals surface area contributed by atoms with Crippen LogP contribution in [0.4, 0.5) is 14.6 Å². The number of carbonyl (C=O) groups is 2. The molecule has 2 heterocycles. The molecule has 9 heteroatoms. The van der Waals surface area contributed by atoms with Crippen LogP contribution in [-0.2, 0) is 4.79 Å². The van der Waals surface area contributed by atoms with E-state index < -0.39 is 25.0 Å². The molecule has 28 heavy (non-hydrogen) atoms. The van der Waals surface area contributed by atoms with E-state index in [2.05, 4.69) is 9.97 Å². The standard InChI is InChI=1S/C19H22F2N4O3/c1-11(2)19(27)25(16-8-13(18(22)26)6-7-23-16)12(3)14-4-5-17(24-9-14)28-10-15(20)21/h4-9,11-12,15H,10H2,1-3H3,(H2,22,26). The third-order valence-electron chi connectivity index (χ3n) is 3.99. The topological polar surface area (TPSA) is 98.4 Å². The summed E-state index contributed by atoms with van der Waals surface area (Å²) < 4.78 is 29.3. The molecule has 0 aliphatic heterocycles. The maximum Gasteiger partial charge on any atom is 0.272 e. The van der Waals surface area contributed by atoms with Gasteiger partial charge >= 0.3 is 0 Å². The molecule has 150 valence electrons. The van der Waals surface area contributed by atoms with Crippen molar-refractivity contribution in [3.05, 3.63) is 47.8 Å². The highest BCUT2D eigenvalue weighted by atomic mass is 19.3. The molecule has 0 radical (unpaired) electrons. The minimum Gasteiger partial charge on any atom is -0.472 e.